The molecule has 2 aromatic rings. The molecule has 2 aromatic carbocycles. The van der Waals surface area contributed by atoms with E-state index < -0.39 is 27.8 Å². The van der Waals surface area contributed by atoms with Crippen molar-refractivity contribution in [2.45, 2.75) is 45.2 Å². The van der Waals surface area contributed by atoms with Crippen LogP contribution in [0, 0.1) is 6.92 Å². The number of hydrogen-bond donors (Lipinski definition) is 2. The lowest BCUT2D eigenvalue weighted by molar-refractivity contribution is -0.139. The molecule has 0 aliphatic carbocycles. The molecule has 0 aliphatic rings. The molecule has 2 rings (SSSR count). The van der Waals surface area contributed by atoms with Crippen LogP contribution in [0.15, 0.2) is 42.5 Å². The second-order valence-electron chi connectivity index (χ2n) is 9.27. The van der Waals surface area contributed by atoms with Crippen molar-refractivity contribution in [1.29, 1.82) is 0 Å². The first kappa shape index (κ1) is 29.5. The first-order valence-electron chi connectivity index (χ1n) is 12.1. The maximum Gasteiger partial charge on any atom is 0.326 e. The number of aryl methyl sites for hydroxylation is 1. The SMILES string of the molecule is COCCCCCN(C)Cc1ccc(C(=O)NC(CCS(C)(=O)=O)C(=O)O)c(-c2ccccc2C)c1. The molecule has 2 N–H and O–H groups in total. The van der Waals surface area contributed by atoms with Crippen LogP contribution in [0.5, 0.6) is 0 Å². The third-order valence-electron chi connectivity index (χ3n) is 5.99. The number of rotatable bonds is 15. The molecule has 36 heavy (non-hydrogen) atoms. The minimum atomic E-state index is -3.36. The van der Waals surface area contributed by atoms with E-state index in [2.05, 4.69) is 17.3 Å². The van der Waals surface area contributed by atoms with E-state index in [1.807, 2.05) is 43.3 Å². The molecule has 0 heterocycles. The van der Waals surface area contributed by atoms with Crippen LogP contribution in [0.4, 0.5) is 0 Å². The van der Waals surface area contributed by atoms with E-state index in [9.17, 15) is 23.1 Å². The zero-order valence-corrected chi connectivity index (χ0v) is 22.4. The Morgan fingerprint density at radius 2 is 1.81 bits per heavy atom. The molecule has 1 amide bonds. The monoisotopic (exact) mass is 518 g/mol. The van der Waals surface area contributed by atoms with Crippen LogP contribution in [-0.4, -0.2) is 75.7 Å². The highest BCUT2D eigenvalue weighted by Crippen LogP contribution is 2.29. The summed E-state index contributed by atoms with van der Waals surface area (Å²) in [6.07, 6.45) is 4.03. The fraction of sp³-hybridized carbons (Fsp3) is 0.481. The van der Waals surface area contributed by atoms with Crippen LogP contribution in [-0.2, 0) is 25.9 Å². The van der Waals surface area contributed by atoms with E-state index in [1.54, 1.807) is 13.2 Å². The number of carboxylic acid groups (broad SMARTS) is 1. The number of nitrogens with one attached hydrogen (secondary N) is 1. The Bertz CT molecular complexity index is 1130. The van der Waals surface area contributed by atoms with Gasteiger partial charge in [0.25, 0.3) is 5.91 Å². The molecular formula is C27H38N2O6S. The summed E-state index contributed by atoms with van der Waals surface area (Å²) in [7, 11) is 0.403. The van der Waals surface area contributed by atoms with Gasteiger partial charge in [-0.1, -0.05) is 30.3 Å². The van der Waals surface area contributed by atoms with Gasteiger partial charge in [-0.3, -0.25) is 4.79 Å². The first-order valence-corrected chi connectivity index (χ1v) is 14.2. The predicted molar refractivity (Wildman–Crippen MR) is 142 cm³/mol. The molecule has 0 radical (unpaired) electrons. The molecule has 9 heteroatoms. The lowest BCUT2D eigenvalue weighted by Gasteiger charge is -2.20. The number of benzene rings is 2. The van der Waals surface area contributed by atoms with Crippen molar-refractivity contribution in [3.63, 3.8) is 0 Å². The molecule has 0 fully saturated rings. The van der Waals surface area contributed by atoms with E-state index in [4.69, 9.17) is 4.74 Å². The highest BCUT2D eigenvalue weighted by atomic mass is 32.2. The number of aliphatic carboxylic acids is 1. The van der Waals surface area contributed by atoms with Gasteiger partial charge in [-0.15, -0.1) is 0 Å². The van der Waals surface area contributed by atoms with Crippen molar-refractivity contribution in [1.82, 2.24) is 10.2 Å². The highest BCUT2D eigenvalue weighted by Gasteiger charge is 2.24. The van der Waals surface area contributed by atoms with E-state index in [-0.39, 0.29) is 12.2 Å². The molecule has 0 aromatic heterocycles. The molecule has 0 aliphatic heterocycles. The van der Waals surface area contributed by atoms with Gasteiger partial charge in [0.05, 0.1) is 5.75 Å². The van der Waals surface area contributed by atoms with E-state index >= 15 is 0 Å². The average molecular weight is 519 g/mol. The summed E-state index contributed by atoms with van der Waals surface area (Å²) in [6, 6.07) is 12.0. The number of amides is 1. The number of hydrogen-bond acceptors (Lipinski definition) is 6. The molecular weight excluding hydrogens is 480 g/mol. The Morgan fingerprint density at radius 1 is 1.08 bits per heavy atom. The van der Waals surface area contributed by atoms with Gasteiger partial charge in [0.2, 0.25) is 0 Å². The van der Waals surface area contributed by atoms with E-state index in [1.165, 1.54) is 0 Å². The van der Waals surface area contributed by atoms with Gasteiger partial charge in [0.1, 0.15) is 15.9 Å². The molecule has 0 saturated heterocycles. The number of unbranched alkanes of at least 4 members (excludes halogenated alkanes) is 2. The maximum absolute atomic E-state index is 13.2. The number of carbonyl (C=O) groups is 2. The minimum absolute atomic E-state index is 0.202. The van der Waals surface area contributed by atoms with Gasteiger partial charge in [0, 0.05) is 32.1 Å². The van der Waals surface area contributed by atoms with Crippen LogP contribution in [0.2, 0.25) is 0 Å². The van der Waals surface area contributed by atoms with E-state index in [0.717, 1.165) is 55.4 Å². The fourth-order valence-electron chi connectivity index (χ4n) is 4.01. The Morgan fingerprint density at radius 3 is 2.44 bits per heavy atom. The van der Waals surface area contributed by atoms with Crippen molar-refractivity contribution >= 4 is 21.7 Å². The molecule has 0 saturated carbocycles. The smallest absolute Gasteiger partial charge is 0.326 e. The number of carbonyl (C=O) groups excluding carboxylic acids is 1. The standard InChI is InChI=1S/C27H38N2O6S/c1-20-10-6-7-11-22(20)24-18-21(19-29(2)15-8-5-9-16-35-3)12-13-23(24)26(30)28-25(27(31)32)14-17-36(4,33)34/h6-7,10-13,18,25H,5,8-9,14-17,19H2,1-4H3,(H,28,30)(H,31,32). The Labute approximate surface area is 214 Å². The van der Waals surface area contributed by atoms with Gasteiger partial charge in [-0.05, 0) is 80.6 Å². The minimum Gasteiger partial charge on any atom is -0.480 e. The quantitative estimate of drug-likeness (QED) is 0.347. The van der Waals surface area contributed by atoms with Gasteiger partial charge in [0.15, 0.2) is 0 Å². The largest absolute Gasteiger partial charge is 0.480 e. The third kappa shape index (κ3) is 9.72. The number of sulfone groups is 1. The Hall–Kier alpha value is -2.75. The van der Waals surface area contributed by atoms with Crippen LogP contribution in [0.25, 0.3) is 11.1 Å². The summed E-state index contributed by atoms with van der Waals surface area (Å²) >= 11 is 0. The topological polar surface area (TPSA) is 113 Å². The number of methoxy groups -OCH3 is 1. The lowest BCUT2D eigenvalue weighted by Crippen LogP contribution is -2.42. The Balaban J connectivity index is 2.27. The zero-order chi connectivity index (χ0) is 26.7. The van der Waals surface area contributed by atoms with Crippen molar-refractivity contribution in [2.24, 2.45) is 0 Å². The number of carboxylic acids is 1. The molecule has 198 valence electrons. The first-order chi connectivity index (χ1) is 17.0. The number of nitrogens with zero attached hydrogens (tertiary/aromatic N) is 1. The summed E-state index contributed by atoms with van der Waals surface area (Å²) in [5.74, 6) is -2.15. The summed E-state index contributed by atoms with van der Waals surface area (Å²) in [4.78, 5) is 27.1. The van der Waals surface area contributed by atoms with Gasteiger partial charge < -0.3 is 20.1 Å². The zero-order valence-electron chi connectivity index (χ0n) is 21.6. The van der Waals surface area contributed by atoms with Gasteiger partial charge >= 0.3 is 5.97 Å². The normalized spacial score (nSPS) is 12.5. The predicted octanol–water partition coefficient (Wildman–Crippen LogP) is 3.53. The van der Waals surface area contributed by atoms with Crippen molar-refractivity contribution in [2.75, 3.05) is 39.3 Å². The highest BCUT2D eigenvalue weighted by molar-refractivity contribution is 7.90. The number of ether oxygens (including phenoxy) is 1. The summed E-state index contributed by atoms with van der Waals surface area (Å²) in [6.45, 7) is 4.37. The van der Waals surface area contributed by atoms with Crippen molar-refractivity contribution in [3.05, 3.63) is 59.2 Å². The van der Waals surface area contributed by atoms with Crippen LogP contribution >= 0.6 is 0 Å². The van der Waals surface area contributed by atoms with Crippen LogP contribution < -0.4 is 5.32 Å². The second kappa shape index (κ2) is 14.1. The summed E-state index contributed by atoms with van der Waals surface area (Å²) in [5.41, 5.74) is 3.97. The summed E-state index contributed by atoms with van der Waals surface area (Å²) in [5, 5.41) is 12.1. The molecule has 1 unspecified atom stereocenters. The Kier molecular flexibility index (Phi) is 11.6. The van der Waals surface area contributed by atoms with E-state index in [0.29, 0.717) is 17.7 Å². The average Bonchev–Trinajstić information content (AvgIpc) is 2.81. The summed E-state index contributed by atoms with van der Waals surface area (Å²) < 4.78 is 28.1. The second-order valence-corrected chi connectivity index (χ2v) is 11.5. The molecule has 8 nitrogen and oxygen atoms in total. The van der Waals surface area contributed by atoms with Gasteiger partial charge in [-0.2, -0.15) is 0 Å². The van der Waals surface area contributed by atoms with Crippen molar-refractivity contribution < 1.29 is 27.9 Å². The maximum atomic E-state index is 13.2. The molecule has 1 atom stereocenters. The lowest BCUT2D eigenvalue weighted by atomic mass is 9.93. The fourth-order valence-corrected chi connectivity index (χ4v) is 4.67. The van der Waals surface area contributed by atoms with Crippen molar-refractivity contribution in [3.8, 4) is 11.1 Å². The van der Waals surface area contributed by atoms with Gasteiger partial charge in [-0.25, -0.2) is 13.2 Å². The molecule has 0 spiro atoms. The molecule has 0 bridgehead atoms. The third-order valence-corrected chi connectivity index (χ3v) is 6.96. The van der Waals surface area contributed by atoms with Crippen LogP contribution in [0.1, 0.15) is 47.2 Å². The van der Waals surface area contributed by atoms with Crippen LogP contribution in [0.3, 0.4) is 0 Å².